The number of sulfonamides is 1. The number of methoxy groups -OCH3 is 1. The van der Waals surface area contributed by atoms with Crippen molar-refractivity contribution in [2.45, 2.75) is 38.6 Å². The third kappa shape index (κ3) is 9.08. The maximum Gasteiger partial charge on any atom is 0.303 e. The van der Waals surface area contributed by atoms with Gasteiger partial charge in [0.25, 0.3) is 0 Å². The lowest BCUT2D eigenvalue weighted by Gasteiger charge is -2.16. The van der Waals surface area contributed by atoms with Gasteiger partial charge in [-0.05, 0) is 12.8 Å². The van der Waals surface area contributed by atoms with E-state index in [4.69, 9.17) is 9.84 Å². The lowest BCUT2D eigenvalue weighted by molar-refractivity contribution is -0.137. The van der Waals surface area contributed by atoms with E-state index in [0.29, 0.717) is 13.0 Å². The fourth-order valence-corrected chi connectivity index (χ4v) is 2.79. The summed E-state index contributed by atoms with van der Waals surface area (Å²) in [6.45, 7) is 2.29. The van der Waals surface area contributed by atoms with Gasteiger partial charge in [-0.3, -0.25) is 4.79 Å². The first kappa shape index (κ1) is 16.3. The molecule has 0 bridgehead atoms. The van der Waals surface area contributed by atoms with Gasteiger partial charge in [0.05, 0.1) is 12.4 Å². The van der Waals surface area contributed by atoms with Gasteiger partial charge >= 0.3 is 5.97 Å². The number of rotatable bonds is 10. The Labute approximate surface area is 102 Å². The fraction of sp³-hybridized carbons (Fsp3) is 0.900. The molecule has 0 aromatic heterocycles. The topological polar surface area (TPSA) is 92.7 Å². The summed E-state index contributed by atoms with van der Waals surface area (Å²) in [5.41, 5.74) is 0. The first-order valence-electron chi connectivity index (χ1n) is 5.62. The summed E-state index contributed by atoms with van der Waals surface area (Å²) in [4.78, 5) is 10.3. The molecule has 17 heavy (non-hydrogen) atoms. The highest BCUT2D eigenvalue weighted by Crippen LogP contribution is 2.02. The molecule has 0 saturated heterocycles. The van der Waals surface area contributed by atoms with Crippen LogP contribution in [0.3, 0.4) is 0 Å². The molecular weight excluding hydrogens is 246 g/mol. The van der Waals surface area contributed by atoms with Gasteiger partial charge < -0.3 is 9.84 Å². The molecule has 0 saturated carbocycles. The summed E-state index contributed by atoms with van der Waals surface area (Å²) in [7, 11) is -1.90. The summed E-state index contributed by atoms with van der Waals surface area (Å²) >= 11 is 0. The molecule has 7 heteroatoms. The number of ether oxygens (including phenoxy) is 1. The summed E-state index contributed by atoms with van der Waals surface area (Å²) in [6, 6.07) is -0.236. The van der Waals surface area contributed by atoms with E-state index in [1.807, 2.05) is 6.92 Å². The Morgan fingerprint density at radius 3 is 2.59 bits per heavy atom. The minimum Gasteiger partial charge on any atom is -0.481 e. The van der Waals surface area contributed by atoms with Crippen LogP contribution in [0.15, 0.2) is 0 Å². The van der Waals surface area contributed by atoms with Gasteiger partial charge in [0, 0.05) is 19.6 Å². The van der Waals surface area contributed by atoms with Crippen molar-refractivity contribution in [3.8, 4) is 0 Å². The van der Waals surface area contributed by atoms with Crippen molar-refractivity contribution in [2.24, 2.45) is 0 Å². The molecule has 1 atom stereocenters. The highest BCUT2D eigenvalue weighted by atomic mass is 32.2. The third-order valence-electron chi connectivity index (χ3n) is 2.15. The number of nitrogens with one attached hydrogen (secondary N) is 1. The van der Waals surface area contributed by atoms with Crippen LogP contribution in [0.2, 0.25) is 0 Å². The molecule has 2 N–H and O–H groups in total. The number of hydrogen-bond donors (Lipinski definition) is 2. The second-order valence-corrected chi connectivity index (χ2v) is 5.75. The second-order valence-electron chi connectivity index (χ2n) is 3.87. The molecule has 0 aliphatic heterocycles. The van der Waals surface area contributed by atoms with Crippen molar-refractivity contribution in [2.75, 3.05) is 19.5 Å². The van der Waals surface area contributed by atoms with Crippen molar-refractivity contribution < 1.29 is 23.1 Å². The quantitative estimate of drug-likeness (QED) is 0.604. The van der Waals surface area contributed by atoms with Crippen molar-refractivity contribution >= 4 is 16.0 Å². The number of carbonyl (C=O) groups is 1. The van der Waals surface area contributed by atoms with Gasteiger partial charge in [-0.25, -0.2) is 13.1 Å². The third-order valence-corrected chi connectivity index (χ3v) is 3.67. The van der Waals surface area contributed by atoms with Crippen LogP contribution in [0.5, 0.6) is 0 Å². The predicted molar refractivity (Wildman–Crippen MR) is 64.4 cm³/mol. The van der Waals surface area contributed by atoms with E-state index in [0.717, 1.165) is 6.42 Å². The summed E-state index contributed by atoms with van der Waals surface area (Å²) in [6.07, 6.45) is 1.54. The zero-order chi connectivity index (χ0) is 13.3. The van der Waals surface area contributed by atoms with Crippen LogP contribution in [0, 0.1) is 0 Å². The van der Waals surface area contributed by atoms with Gasteiger partial charge in [0.15, 0.2) is 0 Å². The van der Waals surface area contributed by atoms with Crippen molar-refractivity contribution in [3.05, 3.63) is 0 Å². The summed E-state index contributed by atoms with van der Waals surface area (Å²) < 4.78 is 30.7. The van der Waals surface area contributed by atoms with Gasteiger partial charge in [-0.15, -0.1) is 0 Å². The SMILES string of the molecule is CCCC(COC)NS(=O)(=O)CCCC(=O)O. The maximum absolute atomic E-state index is 11.6. The number of hydrogen-bond acceptors (Lipinski definition) is 4. The molecule has 0 spiro atoms. The van der Waals surface area contributed by atoms with Gasteiger partial charge in [-0.2, -0.15) is 0 Å². The second kappa shape index (κ2) is 8.43. The highest BCUT2D eigenvalue weighted by molar-refractivity contribution is 7.89. The monoisotopic (exact) mass is 267 g/mol. The number of carboxylic acids is 1. The van der Waals surface area contributed by atoms with Crippen molar-refractivity contribution in [1.29, 1.82) is 0 Å². The van der Waals surface area contributed by atoms with E-state index in [2.05, 4.69) is 4.72 Å². The van der Waals surface area contributed by atoms with E-state index >= 15 is 0 Å². The molecule has 0 amide bonds. The Bertz CT molecular complexity index is 309. The lowest BCUT2D eigenvalue weighted by atomic mass is 10.2. The Hall–Kier alpha value is -0.660. The Balaban J connectivity index is 4.15. The molecule has 1 unspecified atom stereocenters. The van der Waals surface area contributed by atoms with E-state index in [9.17, 15) is 13.2 Å². The molecule has 102 valence electrons. The normalized spacial score (nSPS) is 13.5. The van der Waals surface area contributed by atoms with Crippen LogP contribution in [0.1, 0.15) is 32.6 Å². The van der Waals surface area contributed by atoms with E-state index in [-0.39, 0.29) is 24.6 Å². The standard InChI is InChI=1S/C10H21NO5S/c1-3-5-9(8-16-2)11-17(14,15)7-4-6-10(12)13/h9,11H,3-8H2,1-2H3,(H,12,13). The van der Waals surface area contributed by atoms with Crippen molar-refractivity contribution in [1.82, 2.24) is 4.72 Å². The minimum absolute atomic E-state index is 0.122. The Morgan fingerprint density at radius 2 is 2.12 bits per heavy atom. The van der Waals surface area contributed by atoms with Crippen LogP contribution < -0.4 is 4.72 Å². The lowest BCUT2D eigenvalue weighted by Crippen LogP contribution is -2.39. The molecular formula is C10H21NO5S. The van der Waals surface area contributed by atoms with Crippen molar-refractivity contribution in [3.63, 3.8) is 0 Å². The molecule has 0 aliphatic carbocycles. The van der Waals surface area contributed by atoms with Gasteiger partial charge in [0.1, 0.15) is 0 Å². The van der Waals surface area contributed by atoms with E-state index in [1.54, 1.807) is 0 Å². The summed E-state index contributed by atoms with van der Waals surface area (Å²) in [5.74, 6) is -1.15. The first-order chi connectivity index (χ1) is 7.91. The largest absolute Gasteiger partial charge is 0.481 e. The molecule has 6 nitrogen and oxygen atoms in total. The number of carboxylic acid groups (broad SMARTS) is 1. The highest BCUT2D eigenvalue weighted by Gasteiger charge is 2.17. The molecule has 0 aromatic carbocycles. The smallest absolute Gasteiger partial charge is 0.303 e. The van der Waals surface area contributed by atoms with E-state index in [1.165, 1.54) is 7.11 Å². The molecule has 0 radical (unpaired) electrons. The van der Waals surface area contributed by atoms with Crippen LogP contribution in [-0.4, -0.2) is 45.0 Å². The maximum atomic E-state index is 11.6. The number of aliphatic carboxylic acids is 1. The average molecular weight is 267 g/mol. The molecule has 0 rings (SSSR count). The van der Waals surface area contributed by atoms with Crippen LogP contribution >= 0.6 is 0 Å². The van der Waals surface area contributed by atoms with Crippen LogP contribution in [0.25, 0.3) is 0 Å². The predicted octanol–water partition coefficient (Wildman–Crippen LogP) is 0.586. The van der Waals surface area contributed by atoms with Gasteiger partial charge in [-0.1, -0.05) is 13.3 Å². The Kier molecular flexibility index (Phi) is 8.11. The average Bonchev–Trinajstić information content (AvgIpc) is 2.16. The molecule has 0 heterocycles. The molecule has 0 aromatic rings. The van der Waals surface area contributed by atoms with E-state index < -0.39 is 16.0 Å². The summed E-state index contributed by atoms with van der Waals surface area (Å²) in [5, 5.41) is 8.43. The van der Waals surface area contributed by atoms with Crippen LogP contribution in [-0.2, 0) is 19.6 Å². The minimum atomic E-state index is -3.41. The molecule has 0 aliphatic rings. The zero-order valence-electron chi connectivity index (χ0n) is 10.3. The molecule has 0 fully saturated rings. The van der Waals surface area contributed by atoms with Crippen LogP contribution in [0.4, 0.5) is 0 Å². The Morgan fingerprint density at radius 1 is 1.47 bits per heavy atom. The zero-order valence-corrected chi connectivity index (χ0v) is 11.1. The first-order valence-corrected chi connectivity index (χ1v) is 7.27. The fourth-order valence-electron chi connectivity index (χ4n) is 1.45. The van der Waals surface area contributed by atoms with Gasteiger partial charge in [0.2, 0.25) is 10.0 Å².